The van der Waals surface area contributed by atoms with Crippen molar-refractivity contribution in [1.29, 1.82) is 0 Å². The number of amides is 1. The third-order valence-electron chi connectivity index (χ3n) is 4.28. The molecule has 1 saturated heterocycles. The molecule has 1 aromatic carbocycles. The van der Waals surface area contributed by atoms with Crippen LogP contribution >= 0.6 is 11.3 Å². The Bertz CT molecular complexity index is 793. The lowest BCUT2D eigenvalue weighted by Crippen LogP contribution is -2.43. The predicted octanol–water partition coefficient (Wildman–Crippen LogP) is 3.28. The molecule has 0 spiro atoms. The summed E-state index contributed by atoms with van der Waals surface area (Å²) in [6.45, 7) is 3.28. The summed E-state index contributed by atoms with van der Waals surface area (Å²) in [5.41, 5.74) is 0.349. The molecule has 8 heteroatoms. The quantitative estimate of drug-likeness (QED) is 0.706. The van der Waals surface area contributed by atoms with Crippen molar-refractivity contribution >= 4 is 23.2 Å². The Hall–Kier alpha value is -2.48. The van der Waals surface area contributed by atoms with Crippen LogP contribution in [0.3, 0.4) is 0 Å². The number of halogens is 1. The highest BCUT2D eigenvalue weighted by atomic mass is 32.1. The maximum atomic E-state index is 12.9. The molecule has 1 amide bonds. The first-order chi connectivity index (χ1) is 13.1. The minimum atomic E-state index is -0.327. The number of likely N-dealkylation sites (tertiary alicyclic amines) is 1. The van der Waals surface area contributed by atoms with Gasteiger partial charge in [0.1, 0.15) is 28.9 Å². The molecule has 1 atom stereocenters. The molecule has 27 heavy (non-hydrogen) atoms. The van der Waals surface area contributed by atoms with Crippen LogP contribution in [0, 0.1) is 11.7 Å². The van der Waals surface area contributed by atoms with Gasteiger partial charge in [0.15, 0.2) is 0 Å². The Labute approximate surface area is 160 Å². The molecule has 0 bridgehead atoms. The number of nitrogens with zero attached hydrogens (tertiary/aromatic N) is 2. The SMILES string of the molecule is CCOC(=O)[C@@H]1CCCN(C(=O)c2csc(COc3ccc(F)cc3)n2)C1. The van der Waals surface area contributed by atoms with E-state index in [1.54, 1.807) is 17.2 Å². The van der Waals surface area contributed by atoms with Gasteiger partial charge in [0.2, 0.25) is 0 Å². The maximum absolute atomic E-state index is 12.9. The molecule has 1 fully saturated rings. The second-order valence-electron chi connectivity index (χ2n) is 6.21. The van der Waals surface area contributed by atoms with E-state index in [1.165, 1.54) is 35.6 Å². The Balaban J connectivity index is 1.57. The molecule has 1 aromatic heterocycles. The number of piperidine rings is 1. The minimum absolute atomic E-state index is 0.187. The van der Waals surface area contributed by atoms with Crippen LogP contribution in [0.5, 0.6) is 5.75 Å². The number of esters is 1. The molecule has 144 valence electrons. The van der Waals surface area contributed by atoms with Crippen LogP contribution in [0.15, 0.2) is 29.6 Å². The van der Waals surface area contributed by atoms with Crippen LogP contribution in [-0.4, -0.2) is 41.5 Å². The topological polar surface area (TPSA) is 68.7 Å². The fourth-order valence-electron chi connectivity index (χ4n) is 2.93. The van der Waals surface area contributed by atoms with Crippen LogP contribution < -0.4 is 4.74 Å². The van der Waals surface area contributed by atoms with Crippen LogP contribution in [0.25, 0.3) is 0 Å². The van der Waals surface area contributed by atoms with Gasteiger partial charge in [-0.25, -0.2) is 9.37 Å². The van der Waals surface area contributed by atoms with Crippen molar-refractivity contribution in [3.05, 3.63) is 46.2 Å². The molecular weight excluding hydrogens is 371 g/mol. The Morgan fingerprint density at radius 2 is 2.11 bits per heavy atom. The van der Waals surface area contributed by atoms with Gasteiger partial charge in [-0.15, -0.1) is 11.3 Å². The van der Waals surface area contributed by atoms with E-state index < -0.39 is 0 Å². The van der Waals surface area contributed by atoms with E-state index >= 15 is 0 Å². The zero-order chi connectivity index (χ0) is 19.2. The average Bonchev–Trinajstić information content (AvgIpc) is 3.16. The zero-order valence-corrected chi connectivity index (χ0v) is 15.8. The number of thiazole rings is 1. The van der Waals surface area contributed by atoms with Crippen LogP contribution in [0.1, 0.15) is 35.3 Å². The fourth-order valence-corrected chi connectivity index (χ4v) is 3.61. The summed E-state index contributed by atoms with van der Waals surface area (Å²) >= 11 is 1.33. The lowest BCUT2D eigenvalue weighted by molar-refractivity contribution is -0.149. The van der Waals surface area contributed by atoms with Crippen LogP contribution in [0.4, 0.5) is 4.39 Å². The standard InChI is InChI=1S/C19H21FN2O4S/c1-2-25-19(24)13-4-3-9-22(10-13)18(23)16-12-27-17(21-16)11-26-15-7-5-14(20)6-8-15/h5-8,12-13H,2-4,9-11H2,1H3/t13-/m1/s1. The van der Waals surface area contributed by atoms with Gasteiger partial charge in [-0.3, -0.25) is 9.59 Å². The summed E-state index contributed by atoms with van der Waals surface area (Å²) in [5, 5.41) is 2.35. The highest BCUT2D eigenvalue weighted by Gasteiger charge is 2.30. The molecule has 0 aliphatic carbocycles. The predicted molar refractivity (Wildman–Crippen MR) is 98.1 cm³/mol. The van der Waals surface area contributed by atoms with E-state index in [9.17, 15) is 14.0 Å². The molecule has 1 aliphatic rings. The summed E-state index contributed by atoms with van der Waals surface area (Å²) < 4.78 is 23.5. The molecular formula is C19H21FN2O4S. The lowest BCUT2D eigenvalue weighted by atomic mass is 9.98. The Morgan fingerprint density at radius 1 is 1.33 bits per heavy atom. The average molecular weight is 392 g/mol. The number of carbonyl (C=O) groups is 2. The van der Waals surface area contributed by atoms with Gasteiger partial charge in [0.25, 0.3) is 5.91 Å². The lowest BCUT2D eigenvalue weighted by Gasteiger charge is -2.31. The first-order valence-corrected chi connectivity index (χ1v) is 9.73. The van der Waals surface area contributed by atoms with Gasteiger partial charge in [-0.1, -0.05) is 0 Å². The monoisotopic (exact) mass is 392 g/mol. The summed E-state index contributed by atoms with van der Waals surface area (Å²) in [4.78, 5) is 30.6. The largest absolute Gasteiger partial charge is 0.486 e. The first-order valence-electron chi connectivity index (χ1n) is 8.85. The number of hydrogen-bond acceptors (Lipinski definition) is 6. The number of hydrogen-bond donors (Lipinski definition) is 0. The van der Waals surface area contributed by atoms with Crippen molar-refractivity contribution in [1.82, 2.24) is 9.88 Å². The fraction of sp³-hybridized carbons (Fsp3) is 0.421. The van der Waals surface area contributed by atoms with Gasteiger partial charge < -0.3 is 14.4 Å². The molecule has 0 radical (unpaired) electrons. The van der Waals surface area contributed by atoms with Gasteiger partial charge in [0, 0.05) is 18.5 Å². The highest BCUT2D eigenvalue weighted by molar-refractivity contribution is 7.09. The number of carbonyl (C=O) groups excluding carboxylic acids is 2. The van der Waals surface area contributed by atoms with Crippen molar-refractivity contribution in [3.63, 3.8) is 0 Å². The molecule has 3 rings (SSSR count). The molecule has 1 aliphatic heterocycles. The summed E-state index contributed by atoms with van der Waals surface area (Å²) in [6.07, 6.45) is 1.50. The highest BCUT2D eigenvalue weighted by Crippen LogP contribution is 2.21. The van der Waals surface area contributed by atoms with E-state index in [1.807, 2.05) is 0 Å². The molecule has 0 N–H and O–H groups in total. The number of aromatic nitrogens is 1. The van der Waals surface area contributed by atoms with Gasteiger partial charge in [-0.2, -0.15) is 0 Å². The molecule has 0 unspecified atom stereocenters. The zero-order valence-electron chi connectivity index (χ0n) is 15.0. The van der Waals surface area contributed by atoms with E-state index in [-0.39, 0.29) is 30.2 Å². The Morgan fingerprint density at radius 3 is 2.85 bits per heavy atom. The van der Waals surface area contributed by atoms with Crippen molar-refractivity contribution < 1.29 is 23.5 Å². The summed E-state index contributed by atoms with van der Waals surface area (Å²) in [6, 6.07) is 5.72. The molecule has 0 saturated carbocycles. The third kappa shape index (κ3) is 5.03. The van der Waals surface area contributed by atoms with Gasteiger partial charge in [0.05, 0.1) is 12.5 Å². The minimum Gasteiger partial charge on any atom is -0.486 e. The van der Waals surface area contributed by atoms with E-state index in [0.29, 0.717) is 36.1 Å². The molecule has 6 nitrogen and oxygen atoms in total. The van der Waals surface area contributed by atoms with E-state index in [4.69, 9.17) is 9.47 Å². The van der Waals surface area contributed by atoms with Crippen molar-refractivity contribution in [2.45, 2.75) is 26.4 Å². The normalized spacial score (nSPS) is 16.8. The summed E-state index contributed by atoms with van der Waals surface area (Å²) in [7, 11) is 0. The van der Waals surface area contributed by atoms with E-state index in [0.717, 1.165) is 12.8 Å². The third-order valence-corrected chi connectivity index (χ3v) is 5.10. The van der Waals surface area contributed by atoms with E-state index in [2.05, 4.69) is 4.98 Å². The summed E-state index contributed by atoms with van der Waals surface area (Å²) in [5.74, 6) is -0.502. The maximum Gasteiger partial charge on any atom is 0.310 e. The number of rotatable bonds is 6. The van der Waals surface area contributed by atoms with Crippen molar-refractivity contribution in [2.24, 2.45) is 5.92 Å². The van der Waals surface area contributed by atoms with Crippen LogP contribution in [-0.2, 0) is 16.1 Å². The molecule has 2 heterocycles. The second-order valence-corrected chi connectivity index (χ2v) is 7.15. The Kier molecular flexibility index (Phi) is 6.39. The smallest absolute Gasteiger partial charge is 0.310 e. The molecule has 2 aromatic rings. The van der Waals surface area contributed by atoms with Gasteiger partial charge >= 0.3 is 5.97 Å². The first kappa shape index (κ1) is 19.3. The number of ether oxygens (including phenoxy) is 2. The van der Waals surface area contributed by atoms with Crippen LogP contribution in [0.2, 0.25) is 0 Å². The van der Waals surface area contributed by atoms with Crippen molar-refractivity contribution in [2.75, 3.05) is 19.7 Å². The van der Waals surface area contributed by atoms with Gasteiger partial charge in [-0.05, 0) is 44.0 Å². The van der Waals surface area contributed by atoms with Crippen molar-refractivity contribution in [3.8, 4) is 5.75 Å². The number of benzene rings is 1. The second kappa shape index (κ2) is 8.94.